The molecule has 17 heteroatoms. The molecule has 3 aromatic carbocycles. The number of imide groups is 2. The number of rotatable bonds is 23. The predicted molar refractivity (Wildman–Crippen MR) is 247 cm³/mol. The number of carbonyl (C=O) groups excluding carboxylic acids is 6. The molecule has 7 rings (SSSR count). The van der Waals surface area contributed by atoms with E-state index in [1.54, 1.807) is 41.3 Å². The van der Waals surface area contributed by atoms with Gasteiger partial charge < -0.3 is 29.7 Å². The van der Waals surface area contributed by atoms with E-state index < -0.39 is 40.6 Å². The Balaban J connectivity index is 0.782. The Morgan fingerprint density at radius 1 is 0.908 bits per heavy atom. The largest absolute Gasteiger partial charge is 0.493 e. The fourth-order valence-electron chi connectivity index (χ4n) is 8.47. The van der Waals surface area contributed by atoms with E-state index in [0.717, 1.165) is 71.8 Å². The van der Waals surface area contributed by atoms with Crippen LogP contribution in [0.4, 0.5) is 5.69 Å². The number of ether oxygens (including phenoxy) is 3. The van der Waals surface area contributed by atoms with E-state index in [-0.39, 0.29) is 53.1 Å². The molecule has 0 bridgehead atoms. The molecule has 0 aliphatic carbocycles. The average molecular weight is 926 g/mol. The summed E-state index contributed by atoms with van der Waals surface area (Å²) < 4.78 is 29.7. The number of nitrogens with one attached hydrogen (secondary N) is 3. The van der Waals surface area contributed by atoms with Gasteiger partial charge in [0.1, 0.15) is 18.4 Å². The Kier molecular flexibility index (Phi) is 15.8. The third-order valence-corrected chi connectivity index (χ3v) is 13.6. The van der Waals surface area contributed by atoms with Crippen LogP contribution >= 0.6 is 11.3 Å². The second-order valence-electron chi connectivity index (χ2n) is 16.3. The topological polar surface area (TPSA) is 190 Å². The van der Waals surface area contributed by atoms with E-state index in [4.69, 9.17) is 14.2 Å². The lowest BCUT2D eigenvalue weighted by Crippen LogP contribution is -2.52. The first-order chi connectivity index (χ1) is 31.5. The van der Waals surface area contributed by atoms with E-state index in [9.17, 15) is 33.0 Å². The number of nitrogens with zero attached hydrogens (tertiary/aromatic N) is 2. The lowest BCUT2D eigenvalue weighted by molar-refractivity contribution is -0.137. The smallest absolute Gasteiger partial charge is 0.264 e. The van der Waals surface area contributed by atoms with Crippen LogP contribution in [0, 0.1) is 0 Å². The van der Waals surface area contributed by atoms with Gasteiger partial charge in [-0.25, -0.2) is 0 Å². The van der Waals surface area contributed by atoms with Crippen molar-refractivity contribution in [1.29, 1.82) is 0 Å². The van der Waals surface area contributed by atoms with E-state index in [0.29, 0.717) is 55.2 Å². The highest BCUT2D eigenvalue weighted by Crippen LogP contribution is 2.39. The zero-order valence-corrected chi connectivity index (χ0v) is 38.5. The molecule has 1 saturated heterocycles. The second-order valence-corrected chi connectivity index (χ2v) is 18.7. The molecule has 3 aliphatic heterocycles. The maximum Gasteiger partial charge on any atom is 0.264 e. The van der Waals surface area contributed by atoms with Gasteiger partial charge in [0.25, 0.3) is 17.7 Å². The Morgan fingerprint density at radius 2 is 1.68 bits per heavy atom. The molecule has 15 nitrogen and oxygen atoms in total. The lowest BCUT2D eigenvalue weighted by Gasteiger charge is -2.29. The van der Waals surface area contributed by atoms with Gasteiger partial charge >= 0.3 is 0 Å². The normalized spacial score (nSPS) is 16.6. The standard InChI is InChI=1S/C48H55N5O10S2/c1-4-62-40-24-31(17-21-39(40)61-2)38(29-65(3)60)53-47(58)33-12-11-13-36(44(33)48(53)59)50-42(54)14-9-7-5-6-8-10-23-49-25-30-15-18-32(19-16-30)63-27-41-34-26-52(46(57)35(34)28-64-41)37-20-22-43(55)51-45(37)56/h11-13,15-19,21,24,28,37-38,49H,4-10,14,20,22-23,25-27,29H2,1-3H3,(H,50,54)(H,51,55,56). The van der Waals surface area contributed by atoms with Crippen molar-refractivity contribution >= 4 is 63.3 Å². The molecule has 3 atom stereocenters. The molecule has 0 radical (unpaired) electrons. The lowest BCUT2D eigenvalue weighted by atomic mass is 10.0. The number of hydrogen-bond donors (Lipinski definition) is 3. The minimum absolute atomic E-state index is 0.0265. The monoisotopic (exact) mass is 925 g/mol. The average Bonchev–Trinajstić information content (AvgIpc) is 3.92. The SMILES string of the molecule is CCOc1cc(C(CS(C)=O)N2C(=O)c3cccc(NC(=O)CCCCCCCCNCc4ccc(OCc5scc6c5CN(C5CCC(=O)NC5=O)C6=O)cc4)c3C2=O)ccc1OC. The molecule has 1 aromatic heterocycles. The van der Waals surface area contributed by atoms with Gasteiger partial charge in [0.2, 0.25) is 17.7 Å². The van der Waals surface area contributed by atoms with Gasteiger partial charge in [0, 0.05) is 64.6 Å². The van der Waals surface area contributed by atoms with Gasteiger partial charge in [-0.15, -0.1) is 11.3 Å². The summed E-state index contributed by atoms with van der Waals surface area (Å²) >= 11 is 1.47. The summed E-state index contributed by atoms with van der Waals surface area (Å²) in [4.78, 5) is 81.4. The molecular formula is C48H55N5O10S2. The van der Waals surface area contributed by atoms with Crippen molar-refractivity contribution in [3.8, 4) is 17.2 Å². The molecule has 3 unspecified atom stereocenters. The van der Waals surface area contributed by atoms with Crippen LogP contribution in [0.15, 0.2) is 66.0 Å². The summed E-state index contributed by atoms with van der Waals surface area (Å²) in [6.07, 6.45) is 8.09. The molecular weight excluding hydrogens is 871 g/mol. The van der Waals surface area contributed by atoms with E-state index in [2.05, 4.69) is 16.0 Å². The summed E-state index contributed by atoms with van der Waals surface area (Å²) in [7, 11) is 0.167. The molecule has 4 aromatic rings. The first kappa shape index (κ1) is 47.1. The van der Waals surface area contributed by atoms with Crippen molar-refractivity contribution in [1.82, 2.24) is 20.4 Å². The summed E-state index contributed by atoms with van der Waals surface area (Å²) in [6.45, 7) is 4.47. The van der Waals surface area contributed by atoms with E-state index in [1.807, 2.05) is 36.6 Å². The highest BCUT2D eigenvalue weighted by Gasteiger charge is 2.43. The molecule has 65 heavy (non-hydrogen) atoms. The maximum atomic E-state index is 14.0. The number of hydrogen-bond acceptors (Lipinski definition) is 12. The number of benzene rings is 3. The van der Waals surface area contributed by atoms with Crippen LogP contribution in [0.1, 0.15) is 123 Å². The molecule has 3 aliphatic rings. The van der Waals surface area contributed by atoms with Gasteiger partial charge in [0.15, 0.2) is 11.5 Å². The van der Waals surface area contributed by atoms with E-state index in [1.165, 1.54) is 24.7 Å². The van der Waals surface area contributed by atoms with Crippen LogP contribution in [0.25, 0.3) is 0 Å². The molecule has 0 saturated carbocycles. The Morgan fingerprint density at radius 3 is 2.42 bits per heavy atom. The van der Waals surface area contributed by atoms with Crippen LogP contribution in [0.5, 0.6) is 17.2 Å². The third kappa shape index (κ3) is 11.1. The minimum Gasteiger partial charge on any atom is -0.493 e. The maximum absolute atomic E-state index is 14.0. The van der Waals surface area contributed by atoms with Gasteiger partial charge in [-0.3, -0.25) is 43.2 Å². The molecule has 4 heterocycles. The molecule has 3 N–H and O–H groups in total. The van der Waals surface area contributed by atoms with Crippen molar-refractivity contribution in [3.05, 3.63) is 104 Å². The van der Waals surface area contributed by atoms with Crippen molar-refractivity contribution in [3.63, 3.8) is 0 Å². The van der Waals surface area contributed by atoms with E-state index >= 15 is 0 Å². The highest BCUT2D eigenvalue weighted by molar-refractivity contribution is 7.84. The fraction of sp³-hybridized carbons (Fsp3) is 0.417. The van der Waals surface area contributed by atoms with Crippen LogP contribution in [-0.4, -0.2) is 87.8 Å². The fourth-order valence-corrected chi connectivity index (χ4v) is 10.2. The van der Waals surface area contributed by atoms with Crippen molar-refractivity contribution in [2.75, 3.05) is 37.6 Å². The Labute approximate surface area is 385 Å². The zero-order valence-electron chi connectivity index (χ0n) is 36.9. The summed E-state index contributed by atoms with van der Waals surface area (Å²) in [6, 6.07) is 16.4. The summed E-state index contributed by atoms with van der Waals surface area (Å²) in [5, 5.41) is 10.5. The highest BCUT2D eigenvalue weighted by atomic mass is 32.2. The number of piperidine rings is 1. The number of carbonyl (C=O) groups is 6. The second kappa shape index (κ2) is 21.8. The van der Waals surface area contributed by atoms with Crippen molar-refractivity contribution in [2.24, 2.45) is 0 Å². The predicted octanol–water partition coefficient (Wildman–Crippen LogP) is 6.67. The van der Waals surface area contributed by atoms with Crippen molar-refractivity contribution in [2.45, 2.75) is 96.5 Å². The third-order valence-electron chi connectivity index (χ3n) is 11.8. The first-order valence-corrected chi connectivity index (χ1v) is 24.7. The number of thiophene rings is 1. The molecule has 344 valence electrons. The van der Waals surface area contributed by atoms with Gasteiger partial charge in [0.05, 0.1) is 42.1 Å². The van der Waals surface area contributed by atoms with Crippen molar-refractivity contribution < 1.29 is 47.2 Å². The Hall–Kier alpha value is -5.91. The number of fused-ring (bicyclic) bond motifs is 2. The quantitative estimate of drug-likeness (QED) is 0.0532. The number of anilines is 1. The van der Waals surface area contributed by atoms with Crippen LogP contribution < -0.4 is 30.2 Å². The van der Waals surface area contributed by atoms with Crippen LogP contribution in [0.2, 0.25) is 0 Å². The molecule has 1 fully saturated rings. The number of methoxy groups -OCH3 is 1. The van der Waals surface area contributed by atoms with Gasteiger partial charge in [-0.1, -0.05) is 49.9 Å². The Bertz CT molecular complexity index is 2450. The van der Waals surface area contributed by atoms with Crippen LogP contribution in [-0.2, 0) is 44.9 Å². The summed E-state index contributed by atoms with van der Waals surface area (Å²) in [5.41, 5.74) is 3.80. The van der Waals surface area contributed by atoms with Gasteiger partial charge in [-0.05, 0) is 80.3 Å². The zero-order chi connectivity index (χ0) is 46.0. The summed E-state index contributed by atoms with van der Waals surface area (Å²) in [5.74, 6) is -0.509. The van der Waals surface area contributed by atoms with Gasteiger partial charge in [-0.2, -0.15) is 0 Å². The first-order valence-electron chi connectivity index (χ1n) is 22.0. The number of unbranched alkanes of at least 4 members (excludes halogenated alkanes) is 5. The van der Waals surface area contributed by atoms with Crippen LogP contribution in [0.3, 0.4) is 0 Å². The minimum atomic E-state index is -1.36. The molecule has 6 amide bonds. The number of amides is 6. The molecule has 0 spiro atoms.